The van der Waals surface area contributed by atoms with Gasteiger partial charge in [0, 0.05) is 14.1 Å². The summed E-state index contributed by atoms with van der Waals surface area (Å²) in [6.07, 6.45) is 2.34. The Bertz CT molecular complexity index is 444. The molecule has 1 saturated heterocycles. The average molecular weight is 355 g/mol. The Morgan fingerprint density at radius 2 is 1.75 bits per heavy atom. The van der Waals surface area contributed by atoms with Crippen molar-refractivity contribution < 1.29 is 18.8 Å². The minimum atomic E-state index is -1.17. The van der Waals surface area contributed by atoms with Crippen molar-refractivity contribution in [2.45, 2.75) is 84.0 Å². The van der Waals surface area contributed by atoms with Crippen LogP contribution in [0.2, 0.25) is 25.7 Å². The summed E-state index contributed by atoms with van der Waals surface area (Å²) in [5.41, 5.74) is -0.655. The number of amides is 1. The fourth-order valence-electron chi connectivity index (χ4n) is 2.11. The largest absolute Gasteiger partial charge is 0.486 e. The number of carbonyl (C=O) groups excluding carboxylic acids is 1. The monoisotopic (exact) mass is 355 g/mol. The van der Waals surface area contributed by atoms with Crippen molar-refractivity contribution in [2.75, 3.05) is 6.61 Å². The molecule has 1 N–H and O–H groups in total. The second-order valence-electron chi connectivity index (χ2n) is 8.78. The highest BCUT2D eigenvalue weighted by Crippen LogP contribution is 2.36. The maximum absolute atomic E-state index is 11.7. The molecule has 0 bridgehead atoms. The molecule has 0 spiro atoms. The third-order valence-corrected chi connectivity index (χ3v) is 6.21. The van der Waals surface area contributed by atoms with E-state index in [0.717, 1.165) is 6.04 Å². The van der Waals surface area contributed by atoms with Gasteiger partial charge in [-0.2, -0.15) is 0 Å². The molecule has 0 aromatic heterocycles. The zero-order chi connectivity index (χ0) is 18.6. The standard InChI is InChI=1S/C17H34BNO4Si/c1-14(19-15(20)21-12-13-24(6,7)8)10-9-11-18-22-16(2,3)17(4,5)23-18/h9,11,14H,10,12-13H2,1-8H3,(H,19,20)/b11-9+. The third kappa shape index (κ3) is 6.99. The van der Waals surface area contributed by atoms with E-state index < -0.39 is 8.07 Å². The zero-order valence-corrected chi connectivity index (χ0v) is 17.6. The zero-order valence-electron chi connectivity index (χ0n) is 16.6. The molecule has 0 aromatic carbocycles. The molecule has 1 aliphatic heterocycles. The van der Waals surface area contributed by atoms with E-state index in [0.29, 0.717) is 13.0 Å². The lowest BCUT2D eigenvalue weighted by Crippen LogP contribution is -2.41. The lowest BCUT2D eigenvalue weighted by atomic mass is 9.89. The molecule has 1 unspecified atom stereocenters. The molecule has 1 heterocycles. The third-order valence-electron chi connectivity index (χ3n) is 4.50. The second kappa shape index (κ2) is 8.06. The number of hydrogen-bond acceptors (Lipinski definition) is 4. The molecule has 1 rings (SSSR count). The summed E-state index contributed by atoms with van der Waals surface area (Å²) < 4.78 is 17.0. The van der Waals surface area contributed by atoms with Gasteiger partial charge in [0.05, 0.1) is 17.8 Å². The van der Waals surface area contributed by atoms with Gasteiger partial charge in [-0.05, 0) is 47.1 Å². The molecule has 1 amide bonds. The highest BCUT2D eigenvalue weighted by atomic mass is 28.3. The number of hydrogen-bond donors (Lipinski definition) is 1. The topological polar surface area (TPSA) is 56.8 Å². The normalized spacial score (nSPS) is 21.1. The smallest absolute Gasteiger partial charge is 0.450 e. The van der Waals surface area contributed by atoms with Crippen LogP contribution < -0.4 is 5.32 Å². The Balaban J connectivity index is 2.29. The van der Waals surface area contributed by atoms with Gasteiger partial charge in [-0.25, -0.2) is 4.79 Å². The van der Waals surface area contributed by atoms with Gasteiger partial charge in [-0.1, -0.05) is 31.7 Å². The first kappa shape index (κ1) is 21.3. The minimum Gasteiger partial charge on any atom is -0.450 e. The van der Waals surface area contributed by atoms with Crippen molar-refractivity contribution in [1.82, 2.24) is 5.32 Å². The molecule has 0 radical (unpaired) electrons. The van der Waals surface area contributed by atoms with Gasteiger partial charge >= 0.3 is 13.2 Å². The van der Waals surface area contributed by atoms with Gasteiger partial charge in [0.15, 0.2) is 0 Å². The van der Waals surface area contributed by atoms with Crippen molar-refractivity contribution in [3.8, 4) is 0 Å². The van der Waals surface area contributed by atoms with Gasteiger partial charge in [-0.15, -0.1) is 0 Å². The summed E-state index contributed by atoms with van der Waals surface area (Å²) in [4.78, 5) is 11.7. The molecule has 1 fully saturated rings. The van der Waals surface area contributed by atoms with E-state index in [1.165, 1.54) is 0 Å². The van der Waals surface area contributed by atoms with Crippen LogP contribution in [0.5, 0.6) is 0 Å². The number of carbonyl (C=O) groups is 1. The van der Waals surface area contributed by atoms with Crippen LogP contribution in [0.1, 0.15) is 41.0 Å². The van der Waals surface area contributed by atoms with Crippen molar-refractivity contribution in [3.63, 3.8) is 0 Å². The molecular weight excluding hydrogens is 321 g/mol. The lowest BCUT2D eigenvalue weighted by Gasteiger charge is -2.32. The van der Waals surface area contributed by atoms with Gasteiger partial charge in [0.25, 0.3) is 0 Å². The molecule has 0 saturated carbocycles. The van der Waals surface area contributed by atoms with Gasteiger partial charge in [0.1, 0.15) is 0 Å². The Labute approximate surface area is 148 Å². The second-order valence-corrected chi connectivity index (χ2v) is 14.4. The van der Waals surface area contributed by atoms with E-state index in [4.69, 9.17) is 14.0 Å². The summed E-state index contributed by atoms with van der Waals surface area (Å²) in [7, 11) is -1.51. The van der Waals surface area contributed by atoms with Crippen molar-refractivity contribution >= 4 is 21.3 Å². The van der Waals surface area contributed by atoms with E-state index in [9.17, 15) is 4.79 Å². The molecule has 24 heavy (non-hydrogen) atoms. The first-order chi connectivity index (χ1) is 10.8. The van der Waals surface area contributed by atoms with E-state index in [1.807, 2.05) is 46.7 Å². The average Bonchev–Trinajstić information content (AvgIpc) is 2.55. The number of rotatable bonds is 7. The summed E-state index contributed by atoms with van der Waals surface area (Å²) in [5, 5.41) is 2.85. The predicted octanol–water partition coefficient (Wildman–Crippen LogP) is 4.02. The molecule has 0 aliphatic carbocycles. The van der Waals surface area contributed by atoms with Gasteiger partial charge in [0.2, 0.25) is 0 Å². The van der Waals surface area contributed by atoms with Crippen molar-refractivity contribution in [3.05, 3.63) is 12.1 Å². The van der Waals surface area contributed by atoms with E-state index in [1.54, 1.807) is 0 Å². The van der Waals surface area contributed by atoms with Crippen LogP contribution in [0.25, 0.3) is 0 Å². The van der Waals surface area contributed by atoms with Gasteiger partial charge < -0.3 is 19.4 Å². The van der Waals surface area contributed by atoms with Crippen LogP contribution in [0.15, 0.2) is 12.1 Å². The molecule has 1 atom stereocenters. The Hall–Kier alpha value is -0.788. The van der Waals surface area contributed by atoms with Crippen LogP contribution in [-0.4, -0.2) is 45.1 Å². The molecule has 0 aromatic rings. The predicted molar refractivity (Wildman–Crippen MR) is 102 cm³/mol. The Morgan fingerprint density at radius 3 is 2.25 bits per heavy atom. The summed E-state index contributed by atoms with van der Waals surface area (Å²) >= 11 is 0. The van der Waals surface area contributed by atoms with Gasteiger partial charge in [-0.3, -0.25) is 0 Å². The Morgan fingerprint density at radius 1 is 1.21 bits per heavy atom. The fraction of sp³-hybridized carbons (Fsp3) is 0.824. The van der Waals surface area contributed by atoms with E-state index in [-0.39, 0.29) is 30.5 Å². The molecular formula is C17H34BNO4Si. The highest BCUT2D eigenvalue weighted by molar-refractivity contribution is 6.76. The first-order valence-corrected chi connectivity index (χ1v) is 12.5. The van der Waals surface area contributed by atoms with Crippen molar-refractivity contribution in [2.24, 2.45) is 0 Å². The highest BCUT2D eigenvalue weighted by Gasteiger charge is 2.49. The number of ether oxygens (including phenoxy) is 1. The quantitative estimate of drug-likeness (QED) is 0.701. The fourth-order valence-corrected chi connectivity index (χ4v) is 2.83. The van der Waals surface area contributed by atoms with E-state index in [2.05, 4.69) is 25.0 Å². The number of nitrogens with one attached hydrogen (secondary N) is 1. The molecule has 7 heteroatoms. The van der Waals surface area contributed by atoms with Crippen LogP contribution in [0, 0.1) is 0 Å². The molecule has 1 aliphatic rings. The molecule has 138 valence electrons. The van der Waals surface area contributed by atoms with Crippen LogP contribution >= 0.6 is 0 Å². The summed E-state index contributed by atoms with van der Waals surface area (Å²) in [6.45, 7) is 17.4. The van der Waals surface area contributed by atoms with E-state index >= 15 is 0 Å². The Kier molecular flexibility index (Phi) is 7.14. The SMILES string of the molecule is CC(C/C=C/B1OC(C)(C)C(C)(C)O1)NC(=O)OCC[Si](C)(C)C. The maximum atomic E-state index is 11.7. The molecule has 5 nitrogen and oxygen atoms in total. The summed E-state index contributed by atoms with van der Waals surface area (Å²) in [5.74, 6) is 1.91. The number of alkyl carbamates (subject to hydrolysis) is 1. The lowest BCUT2D eigenvalue weighted by molar-refractivity contribution is 0.00578. The first-order valence-electron chi connectivity index (χ1n) is 8.78. The maximum Gasteiger partial charge on any atom is 0.486 e. The van der Waals surface area contributed by atoms with Crippen LogP contribution in [0.3, 0.4) is 0 Å². The summed E-state index contributed by atoms with van der Waals surface area (Å²) in [6, 6.07) is 0.986. The van der Waals surface area contributed by atoms with Crippen LogP contribution in [-0.2, 0) is 14.0 Å². The van der Waals surface area contributed by atoms with Crippen LogP contribution in [0.4, 0.5) is 4.79 Å². The van der Waals surface area contributed by atoms with Crippen molar-refractivity contribution in [1.29, 1.82) is 0 Å². The minimum absolute atomic E-state index is 0.00283.